The number of ether oxygens (including phenoxy) is 1. The highest BCUT2D eigenvalue weighted by molar-refractivity contribution is 5.91. The Balaban J connectivity index is 1.95. The molecule has 1 aromatic heterocycles. The number of benzene rings is 1. The number of halogens is 2. The van der Waals surface area contributed by atoms with Crippen molar-refractivity contribution in [2.45, 2.75) is 13.0 Å². The highest BCUT2D eigenvalue weighted by Crippen LogP contribution is 2.16. The molecule has 1 aromatic carbocycles. The Bertz CT molecular complexity index is 843. The maximum absolute atomic E-state index is 13.2. The second-order valence-corrected chi connectivity index (χ2v) is 6.48. The molecular weight excluding hydrogens is 384 g/mol. The molecule has 0 aliphatic heterocycles. The van der Waals surface area contributed by atoms with Crippen molar-refractivity contribution in [1.29, 1.82) is 0 Å². The van der Waals surface area contributed by atoms with E-state index in [0.717, 1.165) is 12.1 Å². The predicted octanol–water partition coefficient (Wildman–Crippen LogP) is 2.47. The van der Waals surface area contributed by atoms with Gasteiger partial charge in [-0.2, -0.15) is 0 Å². The van der Waals surface area contributed by atoms with E-state index in [1.165, 1.54) is 6.20 Å². The zero-order valence-electron chi connectivity index (χ0n) is 16.3. The van der Waals surface area contributed by atoms with Crippen LogP contribution in [0.4, 0.5) is 19.3 Å². The van der Waals surface area contributed by atoms with E-state index in [2.05, 4.69) is 21.2 Å². The van der Waals surface area contributed by atoms with Gasteiger partial charge in [0.05, 0.1) is 17.3 Å². The Hall–Kier alpha value is -3.11. The van der Waals surface area contributed by atoms with Crippen molar-refractivity contribution >= 4 is 17.7 Å². The molecule has 3 N–H and O–H groups in total. The summed E-state index contributed by atoms with van der Waals surface area (Å²) in [5.41, 5.74) is 5.63. The molecule has 0 bridgehead atoms. The van der Waals surface area contributed by atoms with Gasteiger partial charge in [-0.1, -0.05) is 0 Å². The molecular formula is C19H23F2N5O3. The number of hydrogen-bond acceptors (Lipinski definition) is 6. The third-order valence-corrected chi connectivity index (χ3v) is 3.76. The molecule has 0 saturated heterocycles. The number of carbonyl (C=O) groups is 2. The molecule has 2 aromatic rings. The quantitative estimate of drug-likeness (QED) is 0.460. The van der Waals surface area contributed by atoms with Crippen molar-refractivity contribution < 1.29 is 23.1 Å². The van der Waals surface area contributed by atoms with Crippen molar-refractivity contribution in [3.05, 3.63) is 59.4 Å². The summed E-state index contributed by atoms with van der Waals surface area (Å²) in [7, 11) is 3.73. The Labute approximate surface area is 167 Å². The van der Waals surface area contributed by atoms with Crippen molar-refractivity contribution in [2.75, 3.05) is 32.6 Å². The number of rotatable bonds is 8. The monoisotopic (exact) mass is 407 g/mol. The first-order valence-corrected chi connectivity index (χ1v) is 8.81. The molecule has 0 fully saturated rings. The molecule has 0 aliphatic rings. The summed E-state index contributed by atoms with van der Waals surface area (Å²) in [4.78, 5) is 30.3. The summed E-state index contributed by atoms with van der Waals surface area (Å²) in [5, 5.41) is 2.30. The topological polar surface area (TPSA) is 95.6 Å². The molecule has 2 rings (SSSR count). The maximum atomic E-state index is 13.2. The number of hydrogen-bond donors (Lipinski definition) is 3. The average Bonchev–Trinajstić information content (AvgIpc) is 2.65. The summed E-state index contributed by atoms with van der Waals surface area (Å²) in [6.45, 7) is 2.49. The van der Waals surface area contributed by atoms with E-state index in [1.807, 2.05) is 19.0 Å². The molecule has 10 heteroatoms. The number of esters is 1. The third kappa shape index (κ3) is 7.09. The van der Waals surface area contributed by atoms with Crippen molar-refractivity contribution in [3.8, 4) is 0 Å². The van der Waals surface area contributed by atoms with Crippen LogP contribution in [0.15, 0.2) is 36.5 Å². The zero-order chi connectivity index (χ0) is 21.4. The smallest absolute Gasteiger partial charge is 0.340 e. The van der Waals surface area contributed by atoms with Gasteiger partial charge in [0, 0.05) is 24.5 Å². The SMILES string of the molecule is CC(NNC(=O)Nc1cc(F)cc(F)c1)c1ncccc1C(=O)OCCN(C)C. The minimum Gasteiger partial charge on any atom is -0.461 e. The molecule has 0 spiro atoms. The van der Waals surface area contributed by atoms with E-state index < -0.39 is 29.7 Å². The molecule has 0 radical (unpaired) electrons. The lowest BCUT2D eigenvalue weighted by atomic mass is 10.1. The lowest BCUT2D eigenvalue weighted by Gasteiger charge is -2.17. The van der Waals surface area contributed by atoms with Gasteiger partial charge in [0.15, 0.2) is 0 Å². The zero-order valence-corrected chi connectivity index (χ0v) is 16.3. The van der Waals surface area contributed by atoms with Gasteiger partial charge in [0.25, 0.3) is 0 Å². The van der Waals surface area contributed by atoms with E-state index in [9.17, 15) is 18.4 Å². The standard InChI is InChI=1S/C19H23F2N5O3/c1-12(24-25-19(28)23-15-10-13(20)9-14(21)11-15)17-16(5-4-6-22-17)18(27)29-8-7-26(2)3/h4-6,9-12,24H,7-8H2,1-3H3,(H2,23,25,28). The van der Waals surface area contributed by atoms with Crippen LogP contribution in [0, 0.1) is 11.6 Å². The first-order chi connectivity index (χ1) is 13.8. The van der Waals surface area contributed by atoms with Gasteiger partial charge < -0.3 is 15.0 Å². The van der Waals surface area contributed by atoms with E-state index in [4.69, 9.17) is 4.74 Å². The van der Waals surface area contributed by atoms with Crippen LogP contribution in [-0.2, 0) is 4.74 Å². The predicted molar refractivity (Wildman–Crippen MR) is 103 cm³/mol. The first-order valence-electron chi connectivity index (χ1n) is 8.81. The molecule has 0 saturated carbocycles. The number of nitrogens with zero attached hydrogens (tertiary/aromatic N) is 2. The van der Waals surface area contributed by atoms with Crippen LogP contribution in [0.5, 0.6) is 0 Å². The number of aromatic nitrogens is 1. The number of amides is 2. The Morgan fingerprint density at radius 1 is 1.21 bits per heavy atom. The summed E-state index contributed by atoms with van der Waals surface area (Å²) < 4.78 is 31.6. The third-order valence-electron chi connectivity index (χ3n) is 3.76. The number of pyridine rings is 1. The molecule has 0 aliphatic carbocycles. The fourth-order valence-electron chi connectivity index (χ4n) is 2.36. The van der Waals surface area contributed by atoms with E-state index >= 15 is 0 Å². The second-order valence-electron chi connectivity index (χ2n) is 6.48. The largest absolute Gasteiger partial charge is 0.461 e. The molecule has 29 heavy (non-hydrogen) atoms. The van der Waals surface area contributed by atoms with Crippen molar-refractivity contribution in [1.82, 2.24) is 20.7 Å². The normalized spacial score (nSPS) is 11.8. The average molecular weight is 407 g/mol. The lowest BCUT2D eigenvalue weighted by Crippen LogP contribution is -2.42. The number of urea groups is 1. The lowest BCUT2D eigenvalue weighted by molar-refractivity contribution is 0.0479. The number of likely N-dealkylation sites (N-methyl/N-ethyl adjacent to an activating group) is 1. The Morgan fingerprint density at radius 3 is 2.55 bits per heavy atom. The van der Waals surface area contributed by atoms with E-state index in [1.54, 1.807) is 19.1 Å². The number of carbonyl (C=O) groups excluding carboxylic acids is 2. The molecule has 1 atom stereocenters. The summed E-state index contributed by atoms with van der Waals surface area (Å²) >= 11 is 0. The van der Waals surface area contributed by atoms with Gasteiger partial charge >= 0.3 is 12.0 Å². The van der Waals surface area contributed by atoms with Crippen LogP contribution < -0.4 is 16.2 Å². The van der Waals surface area contributed by atoms with Crippen LogP contribution >= 0.6 is 0 Å². The molecule has 1 heterocycles. The van der Waals surface area contributed by atoms with Gasteiger partial charge in [0.1, 0.15) is 18.2 Å². The van der Waals surface area contributed by atoms with Crippen LogP contribution in [-0.4, -0.2) is 49.1 Å². The highest BCUT2D eigenvalue weighted by atomic mass is 19.1. The maximum Gasteiger partial charge on any atom is 0.340 e. The summed E-state index contributed by atoms with van der Waals surface area (Å²) in [5.74, 6) is -2.15. The molecule has 2 amide bonds. The van der Waals surface area contributed by atoms with Gasteiger partial charge in [-0.3, -0.25) is 10.4 Å². The van der Waals surface area contributed by atoms with Crippen LogP contribution in [0.1, 0.15) is 29.0 Å². The van der Waals surface area contributed by atoms with Crippen molar-refractivity contribution in [2.24, 2.45) is 0 Å². The summed E-state index contributed by atoms with van der Waals surface area (Å²) in [6.07, 6.45) is 1.51. The summed E-state index contributed by atoms with van der Waals surface area (Å²) in [6, 6.07) is 4.55. The van der Waals surface area contributed by atoms with Gasteiger partial charge in [-0.15, -0.1) is 0 Å². The fraction of sp³-hybridized carbons (Fsp3) is 0.316. The Kier molecular flexibility index (Phi) is 7.98. The Morgan fingerprint density at radius 2 is 1.90 bits per heavy atom. The van der Waals surface area contributed by atoms with E-state index in [-0.39, 0.29) is 17.9 Å². The van der Waals surface area contributed by atoms with Gasteiger partial charge in [-0.05, 0) is 45.3 Å². The van der Waals surface area contributed by atoms with Crippen LogP contribution in [0.25, 0.3) is 0 Å². The van der Waals surface area contributed by atoms with Crippen LogP contribution in [0.2, 0.25) is 0 Å². The number of hydrazine groups is 1. The molecule has 8 nitrogen and oxygen atoms in total. The van der Waals surface area contributed by atoms with Gasteiger partial charge in [-0.25, -0.2) is 23.8 Å². The minimum atomic E-state index is -0.812. The molecule has 1 unspecified atom stereocenters. The minimum absolute atomic E-state index is 0.0440. The second kappa shape index (κ2) is 10.4. The molecule has 156 valence electrons. The van der Waals surface area contributed by atoms with Crippen molar-refractivity contribution in [3.63, 3.8) is 0 Å². The fourth-order valence-corrected chi connectivity index (χ4v) is 2.36. The van der Waals surface area contributed by atoms with E-state index in [0.29, 0.717) is 18.3 Å². The first kappa shape index (κ1) is 22.2. The van der Waals surface area contributed by atoms with Crippen LogP contribution in [0.3, 0.4) is 0 Å². The van der Waals surface area contributed by atoms with Gasteiger partial charge in [0.2, 0.25) is 0 Å². The highest BCUT2D eigenvalue weighted by Gasteiger charge is 2.19. The number of anilines is 1. The number of nitrogens with one attached hydrogen (secondary N) is 3.